The van der Waals surface area contributed by atoms with E-state index in [1.807, 2.05) is 36.4 Å². The van der Waals surface area contributed by atoms with Gasteiger partial charge in [-0.15, -0.1) is 0 Å². The minimum absolute atomic E-state index is 0.525. The molecule has 1 fully saturated rings. The summed E-state index contributed by atoms with van der Waals surface area (Å²) in [5.41, 5.74) is 1.66. The van der Waals surface area contributed by atoms with E-state index < -0.39 is 17.6 Å². The molecule has 2 aromatic rings. The molecule has 0 aliphatic heterocycles. The SMILES string of the molecule is OC1CCCCCC(c2ccccc2)(c2ccccc2)C1O. The molecule has 0 spiro atoms. The summed E-state index contributed by atoms with van der Waals surface area (Å²) in [5.74, 6) is 0. The van der Waals surface area contributed by atoms with E-state index in [0.717, 1.165) is 36.8 Å². The highest BCUT2D eigenvalue weighted by Crippen LogP contribution is 2.43. The molecule has 0 bridgehead atoms. The van der Waals surface area contributed by atoms with Gasteiger partial charge < -0.3 is 10.2 Å². The number of aliphatic hydroxyl groups is 2. The van der Waals surface area contributed by atoms with Crippen molar-refractivity contribution in [3.05, 3.63) is 71.8 Å². The Kier molecular flexibility index (Phi) is 4.60. The van der Waals surface area contributed by atoms with Crippen molar-refractivity contribution in [1.29, 1.82) is 0 Å². The molecule has 0 heterocycles. The maximum atomic E-state index is 11.0. The molecule has 0 saturated heterocycles. The lowest BCUT2D eigenvalue weighted by Crippen LogP contribution is -2.48. The molecule has 1 aliphatic rings. The van der Waals surface area contributed by atoms with Crippen LogP contribution in [-0.4, -0.2) is 22.4 Å². The van der Waals surface area contributed by atoms with E-state index in [1.165, 1.54) is 0 Å². The van der Waals surface area contributed by atoms with Crippen LogP contribution in [-0.2, 0) is 5.41 Å². The maximum Gasteiger partial charge on any atom is 0.0935 e. The third-order valence-electron chi connectivity index (χ3n) is 5.02. The molecule has 2 aromatic carbocycles. The van der Waals surface area contributed by atoms with Gasteiger partial charge in [0.2, 0.25) is 0 Å². The fourth-order valence-corrected chi connectivity index (χ4v) is 3.84. The van der Waals surface area contributed by atoms with Crippen LogP contribution in [0.1, 0.15) is 43.2 Å². The van der Waals surface area contributed by atoms with Gasteiger partial charge in [-0.3, -0.25) is 0 Å². The number of hydrogen-bond donors (Lipinski definition) is 2. The van der Waals surface area contributed by atoms with Crippen LogP contribution in [0.2, 0.25) is 0 Å². The van der Waals surface area contributed by atoms with Gasteiger partial charge in [-0.1, -0.05) is 79.9 Å². The van der Waals surface area contributed by atoms with E-state index >= 15 is 0 Å². The molecule has 2 N–H and O–H groups in total. The van der Waals surface area contributed by atoms with Gasteiger partial charge in [0.15, 0.2) is 0 Å². The lowest BCUT2D eigenvalue weighted by Gasteiger charge is -2.43. The Hall–Kier alpha value is -1.64. The highest BCUT2D eigenvalue weighted by Gasteiger charge is 2.44. The van der Waals surface area contributed by atoms with Crippen LogP contribution in [0.3, 0.4) is 0 Å². The first-order chi connectivity index (χ1) is 10.7. The number of aliphatic hydroxyl groups excluding tert-OH is 2. The van der Waals surface area contributed by atoms with Gasteiger partial charge in [0.1, 0.15) is 0 Å². The van der Waals surface area contributed by atoms with Crippen LogP contribution in [0.25, 0.3) is 0 Å². The summed E-state index contributed by atoms with van der Waals surface area (Å²) in [7, 11) is 0. The minimum atomic E-state index is -0.780. The highest BCUT2D eigenvalue weighted by molar-refractivity contribution is 5.41. The van der Waals surface area contributed by atoms with Crippen LogP contribution in [0.5, 0.6) is 0 Å². The smallest absolute Gasteiger partial charge is 0.0935 e. The zero-order chi connectivity index (χ0) is 15.4. The zero-order valence-corrected chi connectivity index (χ0v) is 12.9. The summed E-state index contributed by atoms with van der Waals surface area (Å²) in [4.78, 5) is 0. The average molecular weight is 296 g/mol. The monoisotopic (exact) mass is 296 g/mol. The average Bonchev–Trinajstić information content (AvgIpc) is 2.58. The fourth-order valence-electron chi connectivity index (χ4n) is 3.84. The van der Waals surface area contributed by atoms with E-state index in [1.54, 1.807) is 0 Å². The Balaban J connectivity index is 2.17. The predicted molar refractivity (Wildman–Crippen MR) is 88.8 cm³/mol. The predicted octanol–water partition coefficient (Wildman–Crippen LogP) is 3.66. The van der Waals surface area contributed by atoms with Gasteiger partial charge in [0.05, 0.1) is 12.2 Å². The highest BCUT2D eigenvalue weighted by atomic mass is 16.3. The number of hydrogen-bond acceptors (Lipinski definition) is 2. The van der Waals surface area contributed by atoms with Gasteiger partial charge in [-0.2, -0.15) is 0 Å². The topological polar surface area (TPSA) is 40.5 Å². The van der Waals surface area contributed by atoms with Gasteiger partial charge in [0.25, 0.3) is 0 Å². The van der Waals surface area contributed by atoms with Crippen LogP contribution >= 0.6 is 0 Å². The second-order valence-corrected chi connectivity index (χ2v) is 6.31. The maximum absolute atomic E-state index is 11.0. The van der Waals surface area contributed by atoms with Crippen LogP contribution in [0, 0.1) is 0 Å². The van der Waals surface area contributed by atoms with Crippen molar-refractivity contribution in [2.45, 2.75) is 49.7 Å². The van der Waals surface area contributed by atoms with Crippen LogP contribution in [0.15, 0.2) is 60.7 Å². The summed E-state index contributed by atoms with van der Waals surface area (Å²) in [6.07, 6.45) is 3.22. The van der Waals surface area contributed by atoms with E-state index in [-0.39, 0.29) is 0 Å². The van der Waals surface area contributed by atoms with Crippen molar-refractivity contribution in [3.8, 4) is 0 Å². The lowest BCUT2D eigenvalue weighted by molar-refractivity contribution is -0.0334. The largest absolute Gasteiger partial charge is 0.390 e. The van der Waals surface area contributed by atoms with Crippen LogP contribution in [0.4, 0.5) is 0 Å². The Morgan fingerprint density at radius 1 is 0.727 bits per heavy atom. The molecule has 0 aromatic heterocycles. The molecule has 116 valence electrons. The first kappa shape index (κ1) is 15.3. The third-order valence-corrected chi connectivity index (χ3v) is 5.02. The Morgan fingerprint density at radius 2 is 1.27 bits per heavy atom. The van der Waals surface area contributed by atoms with Gasteiger partial charge in [0, 0.05) is 5.41 Å². The normalized spacial score (nSPS) is 25.2. The summed E-state index contributed by atoms with van der Waals surface area (Å²) in [6, 6.07) is 20.3. The molecule has 22 heavy (non-hydrogen) atoms. The van der Waals surface area contributed by atoms with E-state index in [9.17, 15) is 10.2 Å². The summed E-state index contributed by atoms with van der Waals surface area (Å²) >= 11 is 0. The molecule has 3 rings (SSSR count). The molecule has 2 heteroatoms. The molecule has 2 nitrogen and oxygen atoms in total. The Morgan fingerprint density at radius 3 is 1.82 bits per heavy atom. The van der Waals surface area contributed by atoms with E-state index in [4.69, 9.17) is 0 Å². The summed E-state index contributed by atoms with van der Waals surface area (Å²) in [6.45, 7) is 0. The fraction of sp³-hybridized carbons (Fsp3) is 0.400. The molecular formula is C20H24O2. The molecule has 1 aliphatic carbocycles. The van der Waals surface area contributed by atoms with Crippen molar-refractivity contribution < 1.29 is 10.2 Å². The molecule has 0 amide bonds. The molecular weight excluding hydrogens is 272 g/mol. The van der Waals surface area contributed by atoms with Gasteiger partial charge in [-0.25, -0.2) is 0 Å². The molecule has 2 atom stereocenters. The van der Waals surface area contributed by atoms with Gasteiger partial charge in [-0.05, 0) is 24.0 Å². The van der Waals surface area contributed by atoms with Crippen molar-refractivity contribution in [2.24, 2.45) is 0 Å². The summed E-state index contributed by atoms with van der Waals surface area (Å²) in [5, 5.41) is 21.5. The van der Waals surface area contributed by atoms with E-state index in [2.05, 4.69) is 24.3 Å². The summed E-state index contributed by atoms with van der Waals surface area (Å²) < 4.78 is 0. The Labute approximate surface area is 132 Å². The number of rotatable bonds is 2. The zero-order valence-electron chi connectivity index (χ0n) is 12.9. The van der Waals surface area contributed by atoms with E-state index in [0.29, 0.717) is 6.42 Å². The first-order valence-corrected chi connectivity index (χ1v) is 8.22. The quantitative estimate of drug-likeness (QED) is 0.888. The molecule has 0 radical (unpaired) electrons. The standard InChI is InChI=1S/C20H24O2/c21-18-14-8-3-9-15-20(19(18)22,16-10-4-1-5-11-16)17-12-6-2-7-13-17/h1-2,4-7,10-13,18-19,21-22H,3,8-9,14-15H2. The van der Waals surface area contributed by atoms with Crippen molar-refractivity contribution >= 4 is 0 Å². The number of benzene rings is 2. The lowest BCUT2D eigenvalue weighted by atomic mass is 9.64. The second kappa shape index (κ2) is 6.64. The third kappa shape index (κ3) is 2.69. The Bertz CT molecular complexity index is 540. The van der Waals surface area contributed by atoms with Crippen LogP contribution < -0.4 is 0 Å². The van der Waals surface area contributed by atoms with Crippen molar-refractivity contribution in [3.63, 3.8) is 0 Å². The second-order valence-electron chi connectivity index (χ2n) is 6.31. The molecule has 1 saturated carbocycles. The van der Waals surface area contributed by atoms with Crippen molar-refractivity contribution in [1.82, 2.24) is 0 Å². The minimum Gasteiger partial charge on any atom is -0.390 e. The molecule has 2 unspecified atom stereocenters. The first-order valence-electron chi connectivity index (χ1n) is 8.22. The van der Waals surface area contributed by atoms with Gasteiger partial charge >= 0.3 is 0 Å². The van der Waals surface area contributed by atoms with Crippen molar-refractivity contribution in [2.75, 3.05) is 0 Å².